The fourth-order valence-corrected chi connectivity index (χ4v) is 4.17. The summed E-state index contributed by atoms with van der Waals surface area (Å²) in [5.74, 6) is 0.760. The Kier molecular flexibility index (Phi) is 9.79. The van der Waals surface area contributed by atoms with Crippen molar-refractivity contribution in [1.29, 1.82) is 0 Å². The predicted octanol–water partition coefficient (Wildman–Crippen LogP) is 3.83. The molecule has 0 aromatic heterocycles. The van der Waals surface area contributed by atoms with Gasteiger partial charge in [0, 0.05) is 70.3 Å². The minimum absolute atomic E-state index is 0.119. The summed E-state index contributed by atoms with van der Waals surface area (Å²) in [4.78, 5) is 19.9. The number of benzene rings is 2. The van der Waals surface area contributed by atoms with Gasteiger partial charge in [-0.25, -0.2) is 4.79 Å². The summed E-state index contributed by atoms with van der Waals surface area (Å²) < 4.78 is 5.22. The van der Waals surface area contributed by atoms with Crippen molar-refractivity contribution in [3.63, 3.8) is 0 Å². The van der Waals surface area contributed by atoms with Crippen LogP contribution in [0, 0.1) is 6.92 Å². The molecular weight excluding hydrogens is 426 g/mol. The molecular formula is C27H39N5O2. The summed E-state index contributed by atoms with van der Waals surface area (Å²) in [5, 5.41) is 6.42. The number of ether oxygens (including phenoxy) is 1. The number of hydrogen-bond acceptors (Lipinski definition) is 5. The molecule has 0 spiro atoms. The number of piperazine rings is 1. The molecule has 1 heterocycles. The lowest BCUT2D eigenvalue weighted by Crippen LogP contribution is -2.46. The monoisotopic (exact) mass is 465 g/mol. The molecule has 0 aliphatic carbocycles. The molecule has 0 unspecified atom stereocenters. The second-order valence-electron chi connectivity index (χ2n) is 8.78. The lowest BCUT2D eigenvalue weighted by Gasteiger charge is -2.31. The summed E-state index contributed by atoms with van der Waals surface area (Å²) in [7, 11) is 1.63. The number of urea groups is 1. The van der Waals surface area contributed by atoms with Crippen molar-refractivity contribution in [1.82, 2.24) is 15.1 Å². The number of carbonyl (C=O) groups is 1. The summed E-state index contributed by atoms with van der Waals surface area (Å²) in [6.45, 7) is 16.1. The molecule has 2 N–H and O–H groups in total. The molecule has 7 nitrogen and oxygen atoms in total. The van der Waals surface area contributed by atoms with Crippen LogP contribution in [0.4, 0.5) is 16.2 Å². The van der Waals surface area contributed by atoms with E-state index in [0.717, 1.165) is 62.8 Å². The molecule has 184 valence electrons. The fraction of sp³-hybridized carbons (Fsp3) is 0.444. The average Bonchev–Trinajstić information content (AvgIpc) is 2.84. The highest BCUT2D eigenvalue weighted by Crippen LogP contribution is 2.18. The van der Waals surface area contributed by atoms with Crippen LogP contribution < -0.4 is 20.3 Å². The highest BCUT2D eigenvalue weighted by atomic mass is 16.5. The molecule has 1 saturated heterocycles. The quantitative estimate of drug-likeness (QED) is 0.494. The van der Waals surface area contributed by atoms with Crippen LogP contribution >= 0.6 is 0 Å². The van der Waals surface area contributed by atoms with E-state index in [9.17, 15) is 4.79 Å². The number of aryl methyl sites for hydroxylation is 1. The number of amides is 2. The maximum atomic E-state index is 13.3. The van der Waals surface area contributed by atoms with Gasteiger partial charge in [0.15, 0.2) is 0 Å². The number of hydrogen-bond donors (Lipinski definition) is 2. The molecule has 2 aromatic rings. The first kappa shape index (κ1) is 25.6. The van der Waals surface area contributed by atoms with Crippen LogP contribution in [0.1, 0.15) is 12.5 Å². The van der Waals surface area contributed by atoms with Gasteiger partial charge >= 0.3 is 6.03 Å². The molecule has 3 rings (SSSR count). The minimum atomic E-state index is -0.119. The zero-order valence-corrected chi connectivity index (χ0v) is 20.8. The Labute approximate surface area is 204 Å². The number of nitrogens with zero attached hydrogens (tertiary/aromatic N) is 3. The molecule has 34 heavy (non-hydrogen) atoms. The zero-order valence-electron chi connectivity index (χ0n) is 20.8. The van der Waals surface area contributed by atoms with Gasteiger partial charge in [-0.05, 0) is 61.4 Å². The second-order valence-corrected chi connectivity index (χ2v) is 8.78. The SMILES string of the molecule is C=C(CN1CCNCC1)CN(CCN(CC)c1cccc(C)c1)C(=O)Nc1ccc(OC)cc1. The van der Waals surface area contributed by atoms with E-state index >= 15 is 0 Å². The van der Waals surface area contributed by atoms with Crippen molar-refractivity contribution >= 4 is 17.4 Å². The summed E-state index contributed by atoms with van der Waals surface area (Å²) in [5.41, 5.74) is 4.20. The molecule has 2 aromatic carbocycles. The Hall–Kier alpha value is -3.03. The van der Waals surface area contributed by atoms with Gasteiger partial charge in [0.2, 0.25) is 0 Å². The topological polar surface area (TPSA) is 60.1 Å². The Morgan fingerprint density at radius 1 is 1.15 bits per heavy atom. The molecule has 1 aliphatic heterocycles. The maximum Gasteiger partial charge on any atom is 0.322 e. The predicted molar refractivity (Wildman–Crippen MR) is 141 cm³/mol. The summed E-state index contributed by atoms with van der Waals surface area (Å²) >= 11 is 0. The molecule has 0 atom stereocenters. The van der Waals surface area contributed by atoms with Crippen molar-refractivity contribution in [3.8, 4) is 5.75 Å². The highest BCUT2D eigenvalue weighted by Gasteiger charge is 2.18. The first-order chi connectivity index (χ1) is 16.5. The van der Waals surface area contributed by atoms with Crippen molar-refractivity contribution in [3.05, 3.63) is 66.2 Å². The largest absolute Gasteiger partial charge is 0.497 e. The van der Waals surface area contributed by atoms with Gasteiger partial charge < -0.3 is 25.2 Å². The molecule has 0 saturated carbocycles. The molecule has 0 bridgehead atoms. The summed E-state index contributed by atoms with van der Waals surface area (Å²) in [6, 6.07) is 15.8. The number of rotatable bonds is 11. The zero-order chi connectivity index (χ0) is 24.3. The van der Waals surface area contributed by atoms with Crippen LogP contribution in [0.15, 0.2) is 60.7 Å². The van der Waals surface area contributed by atoms with E-state index in [1.54, 1.807) is 7.11 Å². The molecule has 0 radical (unpaired) electrons. The normalized spacial score (nSPS) is 13.9. The fourth-order valence-electron chi connectivity index (χ4n) is 4.17. The number of anilines is 2. The number of nitrogens with one attached hydrogen (secondary N) is 2. The Balaban J connectivity index is 1.67. The smallest absolute Gasteiger partial charge is 0.322 e. The third-order valence-electron chi connectivity index (χ3n) is 6.09. The first-order valence-corrected chi connectivity index (χ1v) is 12.1. The van der Waals surface area contributed by atoms with Crippen molar-refractivity contribution in [2.45, 2.75) is 13.8 Å². The van der Waals surface area contributed by atoms with E-state index < -0.39 is 0 Å². The van der Waals surface area contributed by atoms with E-state index in [1.807, 2.05) is 29.2 Å². The molecule has 2 amide bonds. The van der Waals surface area contributed by atoms with Gasteiger partial charge in [-0.2, -0.15) is 0 Å². The van der Waals surface area contributed by atoms with Crippen LogP contribution in [0.5, 0.6) is 5.75 Å². The highest BCUT2D eigenvalue weighted by molar-refractivity contribution is 5.89. The third-order valence-corrected chi connectivity index (χ3v) is 6.09. The van der Waals surface area contributed by atoms with E-state index in [-0.39, 0.29) is 6.03 Å². The molecule has 1 fully saturated rings. The number of likely N-dealkylation sites (N-methyl/N-ethyl adjacent to an activating group) is 1. The van der Waals surface area contributed by atoms with E-state index in [2.05, 4.69) is 65.1 Å². The standard InChI is InChI=1S/C27H39N5O2/c1-5-31(25-8-6-7-22(2)19-25)17-18-32(21-23(3)20-30-15-13-28-14-16-30)27(33)29-24-9-11-26(34-4)12-10-24/h6-12,19,28H,3,5,13-18,20-21H2,1-2,4H3,(H,29,33). The van der Waals surface area contributed by atoms with E-state index in [0.29, 0.717) is 13.1 Å². The number of methoxy groups -OCH3 is 1. The average molecular weight is 466 g/mol. The van der Waals surface area contributed by atoms with Gasteiger partial charge in [-0.3, -0.25) is 4.90 Å². The number of carbonyl (C=O) groups excluding carboxylic acids is 1. The summed E-state index contributed by atoms with van der Waals surface area (Å²) in [6.07, 6.45) is 0. The van der Waals surface area contributed by atoms with Gasteiger partial charge in [0.05, 0.1) is 7.11 Å². The molecule has 1 aliphatic rings. The van der Waals surface area contributed by atoms with Gasteiger partial charge in [-0.15, -0.1) is 0 Å². The second kappa shape index (κ2) is 13.0. The van der Waals surface area contributed by atoms with E-state index in [1.165, 1.54) is 11.3 Å². The Morgan fingerprint density at radius 2 is 1.88 bits per heavy atom. The first-order valence-electron chi connectivity index (χ1n) is 12.1. The van der Waals surface area contributed by atoms with Gasteiger partial charge in [0.1, 0.15) is 5.75 Å². The van der Waals surface area contributed by atoms with Crippen LogP contribution in [-0.4, -0.2) is 81.8 Å². The van der Waals surface area contributed by atoms with Crippen LogP contribution in [0.2, 0.25) is 0 Å². The van der Waals surface area contributed by atoms with Crippen molar-refractivity contribution in [2.75, 3.05) is 76.2 Å². The minimum Gasteiger partial charge on any atom is -0.497 e. The maximum absolute atomic E-state index is 13.3. The van der Waals surface area contributed by atoms with Crippen LogP contribution in [-0.2, 0) is 0 Å². The Morgan fingerprint density at radius 3 is 2.53 bits per heavy atom. The van der Waals surface area contributed by atoms with E-state index in [4.69, 9.17) is 4.74 Å². The lowest BCUT2D eigenvalue weighted by molar-refractivity contribution is 0.213. The van der Waals surface area contributed by atoms with Gasteiger partial charge in [-0.1, -0.05) is 18.7 Å². The van der Waals surface area contributed by atoms with Crippen LogP contribution in [0.25, 0.3) is 0 Å². The molecule has 7 heteroatoms. The third kappa shape index (κ3) is 7.78. The van der Waals surface area contributed by atoms with Crippen LogP contribution in [0.3, 0.4) is 0 Å². The van der Waals surface area contributed by atoms with Crippen molar-refractivity contribution in [2.24, 2.45) is 0 Å². The lowest BCUT2D eigenvalue weighted by atomic mass is 10.2. The van der Waals surface area contributed by atoms with Gasteiger partial charge in [0.25, 0.3) is 0 Å². The Bertz CT molecular complexity index is 925. The van der Waals surface area contributed by atoms with Crippen molar-refractivity contribution < 1.29 is 9.53 Å².